The molecular weight excluding hydrogens is 647 g/mol. The molecule has 0 heterocycles. The molecule has 0 aliphatic heterocycles. The third-order valence-electron chi connectivity index (χ3n) is 7.28. The predicted octanol–water partition coefficient (Wildman–Crippen LogP) is 4.33. The van der Waals surface area contributed by atoms with Gasteiger partial charge in [0.25, 0.3) is 0 Å². The molecule has 1 unspecified atom stereocenters. The molecule has 0 aromatic heterocycles. The summed E-state index contributed by atoms with van der Waals surface area (Å²) in [5, 5.41) is 6.99. The largest absolute Gasteiger partial charge is 1.00 e. The molecule has 0 spiro atoms. The van der Waals surface area contributed by atoms with Crippen LogP contribution in [-0.4, -0.2) is 11.3 Å². The van der Waals surface area contributed by atoms with Gasteiger partial charge in [0, 0.05) is 0 Å². The number of hydrogen-bond donors (Lipinski definition) is 0. The van der Waals surface area contributed by atoms with Gasteiger partial charge < -0.3 is 24.8 Å². The van der Waals surface area contributed by atoms with Crippen LogP contribution in [0.5, 0.6) is 0 Å². The third-order valence-corrected chi connectivity index (χ3v) is 10.9. The molecular formula is C38H40Cl2SiZr-2. The van der Waals surface area contributed by atoms with Crippen LogP contribution >= 0.6 is 0 Å². The molecule has 0 saturated heterocycles. The van der Waals surface area contributed by atoms with Crippen LogP contribution in [-0.2, 0) is 24.2 Å². The van der Waals surface area contributed by atoms with Crippen molar-refractivity contribution in [2.75, 3.05) is 0 Å². The van der Waals surface area contributed by atoms with Gasteiger partial charge in [-0.3, -0.25) is 6.08 Å². The number of rotatable bonds is 3. The van der Waals surface area contributed by atoms with Crippen molar-refractivity contribution in [2.24, 2.45) is 5.92 Å². The van der Waals surface area contributed by atoms with Crippen molar-refractivity contribution < 1.29 is 49.0 Å². The van der Waals surface area contributed by atoms with Gasteiger partial charge in [-0.25, -0.2) is 10.8 Å². The second-order valence-corrected chi connectivity index (χ2v) is 18.1. The van der Waals surface area contributed by atoms with Crippen molar-refractivity contribution in [1.82, 2.24) is 0 Å². The van der Waals surface area contributed by atoms with Gasteiger partial charge in [-0.1, -0.05) is 75.8 Å². The second kappa shape index (κ2) is 16.0. The number of fused-ring (bicyclic) bond motifs is 3. The topological polar surface area (TPSA) is 0 Å². The molecule has 1 atom stereocenters. The fourth-order valence-electron chi connectivity index (χ4n) is 5.16. The van der Waals surface area contributed by atoms with Crippen molar-refractivity contribution >= 4 is 32.8 Å². The Hall–Kier alpha value is -2.22. The maximum atomic E-state index is 3.43. The first-order valence-corrected chi connectivity index (χ1v) is 18.8. The zero-order chi connectivity index (χ0) is 28.9. The molecule has 42 heavy (non-hydrogen) atoms. The average molecular weight is 687 g/mol. The van der Waals surface area contributed by atoms with E-state index in [1.165, 1.54) is 76.8 Å². The molecule has 216 valence electrons. The molecule has 4 heteroatoms. The molecule has 5 aromatic rings. The predicted molar refractivity (Wildman–Crippen MR) is 176 cm³/mol. The normalized spacial score (nSPS) is 13.9. The van der Waals surface area contributed by atoms with Crippen LogP contribution in [0.3, 0.4) is 0 Å². The Labute approximate surface area is 281 Å². The Bertz CT molecular complexity index is 1570. The van der Waals surface area contributed by atoms with E-state index in [0.29, 0.717) is 5.92 Å². The van der Waals surface area contributed by atoms with Crippen LogP contribution in [0.1, 0.15) is 36.1 Å². The van der Waals surface area contributed by atoms with E-state index in [2.05, 4.69) is 163 Å². The third kappa shape index (κ3) is 9.39. The molecule has 6 rings (SSSR count). The number of benzene rings is 4. The summed E-state index contributed by atoms with van der Waals surface area (Å²) in [7, 11) is -1.07. The van der Waals surface area contributed by atoms with Crippen molar-refractivity contribution in [2.45, 2.75) is 47.3 Å². The quantitative estimate of drug-likeness (QED) is 0.196. The minimum absolute atomic E-state index is 0. The Kier molecular flexibility index (Phi) is 13.7. The van der Waals surface area contributed by atoms with Gasteiger partial charge in [-0.05, 0) is 8.07 Å². The monoisotopic (exact) mass is 684 g/mol. The molecule has 1 aliphatic rings. The molecule has 0 saturated carbocycles. The first-order chi connectivity index (χ1) is 19.0. The standard InChI is InChI=1S/C15H14.C13H9.C10H17Si.2ClH.Zr/c1-12-3-7-14(8-4-12)11-15-9-5-13(2)6-10-15;1-3-7-12-10(5-1)9-11-6-2-4-8-13(11)12;1-8-6-9(2)10(7-8)11(3,4)5;;;/h3-10H,1-2H3;1-9H;7-8H,1-5H3;2*1H;/q;2*-1;;;+2/p-2. The summed E-state index contributed by atoms with van der Waals surface area (Å²) in [6, 6.07) is 36.8. The summed E-state index contributed by atoms with van der Waals surface area (Å²) in [6.07, 6.45) is 5.81. The van der Waals surface area contributed by atoms with E-state index < -0.39 is 8.07 Å². The zero-order valence-corrected chi connectivity index (χ0v) is 30.7. The Morgan fingerprint density at radius 3 is 1.40 bits per heavy atom. The van der Waals surface area contributed by atoms with Crippen molar-refractivity contribution in [3.05, 3.63) is 148 Å². The van der Waals surface area contributed by atoms with E-state index >= 15 is 0 Å². The van der Waals surface area contributed by atoms with Crippen LogP contribution in [0.4, 0.5) is 0 Å². The summed E-state index contributed by atoms with van der Waals surface area (Å²) >= 11 is 1.46. The molecule has 0 radical (unpaired) electrons. The van der Waals surface area contributed by atoms with Gasteiger partial charge in [0.15, 0.2) is 0 Å². The number of aryl methyl sites for hydroxylation is 2. The number of halogens is 2. The summed E-state index contributed by atoms with van der Waals surface area (Å²) in [5.74, 6) is 0.553. The van der Waals surface area contributed by atoms with Gasteiger partial charge in [-0.15, -0.1) is 39.7 Å². The molecule has 0 amide bonds. The van der Waals surface area contributed by atoms with E-state index in [1.54, 1.807) is 5.20 Å². The molecule has 0 nitrogen and oxygen atoms in total. The Balaban J connectivity index is 0.000000219. The minimum Gasteiger partial charge on any atom is -1.00 e. The number of hydrogen-bond acceptors (Lipinski definition) is 0. The molecule has 0 bridgehead atoms. The van der Waals surface area contributed by atoms with E-state index in [1.807, 2.05) is 0 Å². The summed E-state index contributed by atoms with van der Waals surface area (Å²) in [4.78, 5) is 0. The van der Waals surface area contributed by atoms with Crippen LogP contribution < -0.4 is 24.8 Å². The molecule has 1 aliphatic carbocycles. The molecule has 0 fully saturated rings. The van der Waals surface area contributed by atoms with Gasteiger partial charge in [0.05, 0.1) is 0 Å². The average Bonchev–Trinajstić information content (AvgIpc) is 3.49. The Morgan fingerprint density at radius 1 is 0.667 bits per heavy atom. The van der Waals surface area contributed by atoms with Crippen molar-refractivity contribution in [3.8, 4) is 0 Å². The first kappa shape index (κ1) is 36.0. The van der Waals surface area contributed by atoms with E-state index in [4.69, 9.17) is 0 Å². The maximum Gasteiger partial charge on any atom is -0.0771 e. The van der Waals surface area contributed by atoms with Gasteiger partial charge in [0.2, 0.25) is 0 Å². The summed E-state index contributed by atoms with van der Waals surface area (Å²) < 4.78 is 1.42. The fourth-order valence-corrected chi connectivity index (χ4v) is 7.93. The van der Waals surface area contributed by atoms with Crippen LogP contribution in [0.15, 0.2) is 120 Å². The van der Waals surface area contributed by atoms with Crippen LogP contribution in [0.25, 0.3) is 21.5 Å². The molecule has 0 N–H and O–H groups in total. The second-order valence-electron chi connectivity index (χ2n) is 11.8. The fraction of sp³-hybridized carbons (Fsp3) is 0.211. The Morgan fingerprint density at radius 2 is 1.07 bits per heavy atom. The maximum absolute atomic E-state index is 3.43. The van der Waals surface area contributed by atoms with Gasteiger partial charge >= 0.3 is 112 Å². The van der Waals surface area contributed by atoms with Crippen LogP contribution in [0, 0.1) is 25.8 Å². The summed E-state index contributed by atoms with van der Waals surface area (Å²) in [5.41, 5.74) is 6.71. The zero-order valence-electron chi connectivity index (χ0n) is 25.7. The van der Waals surface area contributed by atoms with E-state index in [0.717, 1.165) is 0 Å². The van der Waals surface area contributed by atoms with Crippen molar-refractivity contribution in [1.29, 1.82) is 0 Å². The number of allylic oxidation sites excluding steroid dienone is 4. The van der Waals surface area contributed by atoms with Crippen molar-refractivity contribution in [3.63, 3.8) is 0 Å². The van der Waals surface area contributed by atoms with E-state index in [-0.39, 0.29) is 24.8 Å². The van der Waals surface area contributed by atoms with Gasteiger partial charge in [0.1, 0.15) is 0 Å². The van der Waals surface area contributed by atoms with Crippen LogP contribution in [0.2, 0.25) is 19.6 Å². The summed E-state index contributed by atoms with van der Waals surface area (Å²) in [6.45, 7) is 15.8. The minimum atomic E-state index is -1.07. The van der Waals surface area contributed by atoms with Gasteiger partial charge in [-0.2, -0.15) is 6.08 Å². The first-order valence-electron chi connectivity index (χ1n) is 14.1. The molecule has 5 aromatic carbocycles. The SMILES string of the molecule is CC1=[C-]C(C)C=C1[Si](C)(C)C.Cc1ccc([C](=[Zr+2])c2ccc(C)cc2)cc1.[Cl-].[Cl-].c1ccc2c(c1)[cH-]c1ccccc12. The van der Waals surface area contributed by atoms with E-state index in [9.17, 15) is 0 Å². The smallest absolute Gasteiger partial charge is 0.0771 e.